The summed E-state index contributed by atoms with van der Waals surface area (Å²) in [5.74, 6) is 0. The maximum atomic E-state index is 2.27. The van der Waals surface area contributed by atoms with E-state index >= 15 is 0 Å². The minimum Gasteiger partial charge on any atom is -1.00 e. The van der Waals surface area contributed by atoms with Crippen molar-refractivity contribution in [2.24, 2.45) is 0 Å². The lowest BCUT2D eigenvalue weighted by Crippen LogP contribution is -3.00. The van der Waals surface area contributed by atoms with Crippen LogP contribution in [0.2, 0.25) is 0 Å². The maximum absolute atomic E-state index is 2.27. The molecular weight excluding hydrogens is 256 g/mol. The molecule has 19 heavy (non-hydrogen) atoms. The Morgan fingerprint density at radius 1 is 1.05 bits per heavy atom. The van der Waals surface area contributed by atoms with E-state index in [0.29, 0.717) is 0 Å². The molecule has 3 heteroatoms. The van der Waals surface area contributed by atoms with Crippen molar-refractivity contribution in [3.8, 4) is 0 Å². The molecule has 0 aliphatic rings. The molecule has 1 heterocycles. The van der Waals surface area contributed by atoms with Crippen molar-refractivity contribution in [2.45, 2.75) is 46.2 Å². The van der Waals surface area contributed by atoms with Gasteiger partial charge in [-0.1, -0.05) is 44.5 Å². The van der Waals surface area contributed by atoms with Crippen LogP contribution >= 0.6 is 0 Å². The monoisotopic (exact) mass is 278 g/mol. The summed E-state index contributed by atoms with van der Waals surface area (Å²) in [6.45, 7) is 6.51. The first kappa shape index (κ1) is 15.8. The van der Waals surface area contributed by atoms with Gasteiger partial charge in [0.2, 0.25) is 6.33 Å². The predicted molar refractivity (Wildman–Crippen MR) is 74.5 cm³/mol. The molecule has 0 bridgehead atoms. The Balaban J connectivity index is 0.00000180. The van der Waals surface area contributed by atoms with Gasteiger partial charge in [-0.05, 0) is 24.0 Å². The van der Waals surface area contributed by atoms with E-state index in [1.165, 1.54) is 24.0 Å². The minimum atomic E-state index is 0. The van der Waals surface area contributed by atoms with Crippen LogP contribution in [-0.2, 0) is 19.5 Å². The molecule has 1 aromatic carbocycles. The van der Waals surface area contributed by atoms with Crippen LogP contribution in [0, 0.1) is 0 Å². The van der Waals surface area contributed by atoms with Crippen molar-refractivity contribution in [2.75, 3.05) is 0 Å². The van der Waals surface area contributed by atoms with Crippen molar-refractivity contribution < 1.29 is 17.0 Å². The van der Waals surface area contributed by atoms with Crippen molar-refractivity contribution in [1.82, 2.24) is 4.57 Å². The summed E-state index contributed by atoms with van der Waals surface area (Å²) in [5.41, 5.74) is 2.77. The summed E-state index contributed by atoms with van der Waals surface area (Å²) < 4.78 is 4.51. The molecule has 0 saturated heterocycles. The van der Waals surface area contributed by atoms with Gasteiger partial charge in [-0.15, -0.1) is 0 Å². The van der Waals surface area contributed by atoms with Crippen LogP contribution in [0.25, 0.3) is 0 Å². The largest absolute Gasteiger partial charge is 1.00 e. The van der Waals surface area contributed by atoms with Crippen LogP contribution in [-0.4, -0.2) is 4.57 Å². The number of nitrogens with zero attached hydrogens (tertiary/aromatic N) is 2. The Kier molecular flexibility index (Phi) is 6.65. The highest BCUT2D eigenvalue weighted by Crippen LogP contribution is 2.04. The van der Waals surface area contributed by atoms with Gasteiger partial charge in [0.05, 0.1) is 6.54 Å². The number of hydrogen-bond acceptors (Lipinski definition) is 0. The van der Waals surface area contributed by atoms with E-state index in [9.17, 15) is 0 Å². The Morgan fingerprint density at radius 2 is 1.74 bits per heavy atom. The highest BCUT2D eigenvalue weighted by molar-refractivity contribution is 5.21. The molecule has 0 saturated carbocycles. The molecule has 2 nitrogen and oxygen atoms in total. The van der Waals surface area contributed by atoms with Crippen molar-refractivity contribution in [3.05, 3.63) is 54.1 Å². The van der Waals surface area contributed by atoms with Crippen LogP contribution in [0.1, 0.15) is 37.8 Å². The lowest BCUT2D eigenvalue weighted by Gasteiger charge is -2.00. The zero-order valence-corrected chi connectivity index (χ0v) is 12.6. The van der Waals surface area contributed by atoms with Crippen molar-refractivity contribution in [3.63, 3.8) is 0 Å². The average Bonchev–Trinajstić information content (AvgIpc) is 2.85. The first-order chi connectivity index (χ1) is 8.81. The molecule has 0 radical (unpaired) electrons. The number of halogens is 1. The number of hydrogen-bond donors (Lipinski definition) is 0. The fourth-order valence-electron chi connectivity index (χ4n) is 2.10. The van der Waals surface area contributed by atoms with E-state index in [0.717, 1.165) is 19.5 Å². The van der Waals surface area contributed by atoms with E-state index in [2.05, 4.69) is 66.0 Å². The number of aryl methyl sites for hydroxylation is 2. The van der Waals surface area contributed by atoms with Gasteiger partial charge >= 0.3 is 0 Å². The molecule has 0 aliphatic heterocycles. The van der Waals surface area contributed by atoms with Crippen molar-refractivity contribution >= 4 is 0 Å². The summed E-state index contributed by atoms with van der Waals surface area (Å²) in [7, 11) is 0. The Labute approximate surface area is 122 Å². The van der Waals surface area contributed by atoms with Gasteiger partial charge in [-0.2, -0.15) is 0 Å². The van der Waals surface area contributed by atoms with E-state index in [4.69, 9.17) is 0 Å². The average molecular weight is 279 g/mol. The third-order valence-electron chi connectivity index (χ3n) is 3.31. The lowest BCUT2D eigenvalue weighted by atomic mass is 10.1. The fraction of sp³-hybridized carbons (Fsp3) is 0.438. The zero-order valence-electron chi connectivity index (χ0n) is 11.8. The maximum Gasteiger partial charge on any atom is 0.244 e. The van der Waals surface area contributed by atoms with Crippen LogP contribution in [0.5, 0.6) is 0 Å². The van der Waals surface area contributed by atoms with E-state index < -0.39 is 0 Å². The number of imidazole rings is 1. The summed E-state index contributed by atoms with van der Waals surface area (Å²) in [5, 5.41) is 0. The first-order valence-electron chi connectivity index (χ1n) is 6.94. The van der Waals surface area contributed by atoms with Gasteiger partial charge in [0.1, 0.15) is 18.9 Å². The summed E-state index contributed by atoms with van der Waals surface area (Å²) in [6.07, 6.45) is 10.1. The second-order valence-corrected chi connectivity index (χ2v) is 4.85. The minimum absolute atomic E-state index is 0. The molecule has 0 spiro atoms. The molecule has 0 unspecified atom stereocenters. The third kappa shape index (κ3) is 4.71. The molecule has 0 N–H and O–H groups in total. The number of aromatic nitrogens is 2. The van der Waals surface area contributed by atoms with E-state index in [-0.39, 0.29) is 12.4 Å². The summed E-state index contributed by atoms with van der Waals surface area (Å²) in [6, 6.07) is 8.92. The molecule has 2 aromatic rings. The molecule has 1 aromatic heterocycles. The molecule has 0 fully saturated rings. The number of rotatable bonds is 6. The quantitative estimate of drug-likeness (QED) is 0.667. The Morgan fingerprint density at radius 3 is 2.37 bits per heavy atom. The molecule has 104 valence electrons. The molecular formula is C16H23ClN2. The highest BCUT2D eigenvalue weighted by atomic mass is 35.5. The van der Waals surface area contributed by atoms with Crippen molar-refractivity contribution in [1.29, 1.82) is 0 Å². The van der Waals surface area contributed by atoms with Gasteiger partial charge < -0.3 is 12.4 Å². The SMILES string of the molecule is CCCCn1cc[n+](Cc2ccc(CC)cc2)c1.[Cl-]. The fourth-order valence-corrected chi connectivity index (χ4v) is 2.10. The van der Waals surface area contributed by atoms with Gasteiger partial charge in [-0.3, -0.25) is 0 Å². The van der Waals surface area contributed by atoms with Gasteiger partial charge in [-0.25, -0.2) is 9.13 Å². The molecule has 0 aliphatic carbocycles. The summed E-state index contributed by atoms with van der Waals surface area (Å²) in [4.78, 5) is 0. The number of benzene rings is 1. The lowest BCUT2D eigenvalue weighted by molar-refractivity contribution is -0.687. The van der Waals surface area contributed by atoms with Gasteiger partial charge in [0, 0.05) is 0 Å². The predicted octanol–water partition coefficient (Wildman–Crippen LogP) is 0.190. The standard InChI is InChI=1S/C16H23N2.ClH/c1-3-5-10-17-11-12-18(14-17)13-16-8-6-15(4-2)7-9-16;/h6-9,11-12,14H,3-5,10,13H2,1-2H3;1H/q+1;/p-1. The third-order valence-corrected chi connectivity index (χ3v) is 3.31. The van der Waals surface area contributed by atoms with Gasteiger partial charge in [0.15, 0.2) is 0 Å². The molecule has 0 atom stereocenters. The van der Waals surface area contributed by atoms with Crippen LogP contribution in [0.15, 0.2) is 43.0 Å². The van der Waals surface area contributed by atoms with Gasteiger partial charge in [0.25, 0.3) is 0 Å². The second-order valence-electron chi connectivity index (χ2n) is 4.85. The van der Waals surface area contributed by atoms with Crippen LogP contribution in [0.3, 0.4) is 0 Å². The molecule has 0 amide bonds. The van der Waals surface area contributed by atoms with E-state index in [1.807, 2.05) is 0 Å². The topological polar surface area (TPSA) is 8.81 Å². The Bertz CT molecular complexity index is 474. The zero-order chi connectivity index (χ0) is 12.8. The van der Waals surface area contributed by atoms with Crippen LogP contribution < -0.4 is 17.0 Å². The normalized spacial score (nSPS) is 10.2. The smallest absolute Gasteiger partial charge is 0.244 e. The Hall–Kier alpha value is -1.28. The number of unbranched alkanes of at least 4 members (excludes halogenated alkanes) is 1. The highest BCUT2D eigenvalue weighted by Gasteiger charge is 2.04. The summed E-state index contributed by atoms with van der Waals surface area (Å²) >= 11 is 0. The molecule has 2 rings (SSSR count). The first-order valence-corrected chi connectivity index (χ1v) is 6.94. The van der Waals surface area contributed by atoms with E-state index in [1.54, 1.807) is 0 Å². The van der Waals surface area contributed by atoms with Crippen LogP contribution in [0.4, 0.5) is 0 Å². The second kappa shape index (κ2) is 8.00.